The lowest BCUT2D eigenvalue weighted by Crippen LogP contribution is -2.18. The van der Waals surface area contributed by atoms with E-state index in [-0.39, 0.29) is 5.91 Å². The summed E-state index contributed by atoms with van der Waals surface area (Å²) in [6.07, 6.45) is 0. The van der Waals surface area contributed by atoms with Crippen molar-refractivity contribution in [3.8, 4) is 5.75 Å². The summed E-state index contributed by atoms with van der Waals surface area (Å²) in [6.45, 7) is 5.05. The molecule has 1 N–H and O–H groups in total. The number of nitrogens with zero attached hydrogens (tertiary/aromatic N) is 2. The number of hydrogen-bond acceptors (Lipinski definition) is 5. The van der Waals surface area contributed by atoms with E-state index in [2.05, 4.69) is 28.2 Å². The molecule has 0 aliphatic rings. The molecule has 2 aromatic rings. The number of hydrogen-bond donors (Lipinski definition) is 1. The van der Waals surface area contributed by atoms with E-state index in [1.54, 1.807) is 7.11 Å². The molecular formula is C16H21N3O2S. The Morgan fingerprint density at radius 3 is 2.86 bits per heavy atom. The molecule has 118 valence electrons. The second-order valence-corrected chi connectivity index (χ2v) is 6.17. The van der Waals surface area contributed by atoms with Gasteiger partial charge in [0.1, 0.15) is 5.75 Å². The molecule has 22 heavy (non-hydrogen) atoms. The Bertz CT molecular complexity index is 655. The van der Waals surface area contributed by atoms with Gasteiger partial charge in [0.2, 0.25) is 5.91 Å². The van der Waals surface area contributed by atoms with E-state index in [9.17, 15) is 4.79 Å². The topological polar surface area (TPSA) is 54.5 Å². The highest BCUT2D eigenvalue weighted by Gasteiger charge is 2.10. The van der Waals surface area contributed by atoms with Gasteiger partial charge in [-0.2, -0.15) is 0 Å². The van der Waals surface area contributed by atoms with Crippen molar-refractivity contribution in [2.24, 2.45) is 0 Å². The number of benzene rings is 1. The quantitative estimate of drug-likeness (QED) is 0.889. The lowest BCUT2D eigenvalue weighted by Gasteiger charge is -2.17. The molecule has 0 unspecified atom stereocenters. The average Bonchev–Trinajstić information content (AvgIpc) is 2.85. The van der Waals surface area contributed by atoms with Crippen molar-refractivity contribution in [1.82, 2.24) is 9.88 Å². The predicted molar refractivity (Wildman–Crippen MR) is 89.3 cm³/mol. The molecule has 1 aromatic carbocycles. The minimum atomic E-state index is -0.0984. The zero-order chi connectivity index (χ0) is 16.1. The van der Waals surface area contributed by atoms with Gasteiger partial charge in [-0.3, -0.25) is 9.69 Å². The van der Waals surface area contributed by atoms with Gasteiger partial charge in [-0.25, -0.2) is 4.98 Å². The Morgan fingerprint density at radius 2 is 2.18 bits per heavy atom. The molecule has 0 fully saturated rings. The number of carbonyl (C=O) groups excluding carboxylic acids is 1. The summed E-state index contributed by atoms with van der Waals surface area (Å²) in [6, 6.07) is 6.18. The van der Waals surface area contributed by atoms with Crippen LogP contribution in [0.2, 0.25) is 0 Å². The fraction of sp³-hybridized carbons (Fsp3) is 0.375. The van der Waals surface area contributed by atoms with Crippen molar-refractivity contribution in [2.75, 3.05) is 19.5 Å². The van der Waals surface area contributed by atoms with Gasteiger partial charge in [0, 0.05) is 31.0 Å². The molecule has 1 heterocycles. The summed E-state index contributed by atoms with van der Waals surface area (Å²) in [5.41, 5.74) is 3.32. The Labute approximate surface area is 134 Å². The third-order valence-corrected chi connectivity index (χ3v) is 3.95. The summed E-state index contributed by atoms with van der Waals surface area (Å²) >= 11 is 1.44. The lowest BCUT2D eigenvalue weighted by molar-refractivity contribution is -0.114. The van der Waals surface area contributed by atoms with Gasteiger partial charge in [0.25, 0.3) is 0 Å². The second-order valence-electron chi connectivity index (χ2n) is 5.31. The molecule has 6 heteroatoms. The predicted octanol–water partition coefficient (Wildman–Crippen LogP) is 3.05. The zero-order valence-electron chi connectivity index (χ0n) is 13.3. The fourth-order valence-corrected chi connectivity index (χ4v) is 2.99. The lowest BCUT2D eigenvalue weighted by atomic mass is 10.1. The van der Waals surface area contributed by atoms with Crippen LogP contribution in [0, 0.1) is 6.92 Å². The Kier molecular flexibility index (Phi) is 5.51. The number of methoxy groups -OCH3 is 1. The van der Waals surface area contributed by atoms with E-state index < -0.39 is 0 Å². The Morgan fingerprint density at radius 1 is 1.41 bits per heavy atom. The number of amides is 1. The van der Waals surface area contributed by atoms with Crippen molar-refractivity contribution in [2.45, 2.75) is 26.9 Å². The monoisotopic (exact) mass is 319 g/mol. The first-order valence-corrected chi connectivity index (χ1v) is 7.90. The smallest absolute Gasteiger partial charge is 0.223 e. The summed E-state index contributed by atoms with van der Waals surface area (Å²) < 4.78 is 5.41. The number of aromatic nitrogens is 1. The Balaban J connectivity index is 2.01. The highest BCUT2D eigenvalue weighted by atomic mass is 32.1. The van der Waals surface area contributed by atoms with Gasteiger partial charge < -0.3 is 10.1 Å². The second kappa shape index (κ2) is 7.38. The van der Waals surface area contributed by atoms with Gasteiger partial charge in [0.05, 0.1) is 12.8 Å². The van der Waals surface area contributed by atoms with Crippen LogP contribution in [0.15, 0.2) is 23.6 Å². The standard InChI is InChI=1S/C16H21N3O2S/c1-11-5-6-15(21-4)13(7-11)8-19(3)9-14-10-22-16(18-14)17-12(2)20/h5-7,10H,8-9H2,1-4H3,(H,17,18,20). The highest BCUT2D eigenvalue weighted by Crippen LogP contribution is 2.22. The normalized spacial score (nSPS) is 10.8. The summed E-state index contributed by atoms with van der Waals surface area (Å²) in [4.78, 5) is 17.6. The molecule has 2 rings (SSSR count). The van der Waals surface area contributed by atoms with Crippen molar-refractivity contribution in [1.29, 1.82) is 0 Å². The van der Waals surface area contributed by atoms with Crippen LogP contribution < -0.4 is 10.1 Å². The van der Waals surface area contributed by atoms with Crippen LogP contribution in [0.1, 0.15) is 23.7 Å². The minimum Gasteiger partial charge on any atom is -0.496 e. The van der Waals surface area contributed by atoms with Crippen LogP contribution in [-0.2, 0) is 17.9 Å². The molecule has 0 atom stereocenters. The van der Waals surface area contributed by atoms with Gasteiger partial charge >= 0.3 is 0 Å². The average molecular weight is 319 g/mol. The number of nitrogens with one attached hydrogen (secondary N) is 1. The maximum Gasteiger partial charge on any atom is 0.223 e. The van der Waals surface area contributed by atoms with Gasteiger partial charge in [-0.1, -0.05) is 17.7 Å². The number of aryl methyl sites for hydroxylation is 1. The van der Waals surface area contributed by atoms with E-state index in [0.717, 1.165) is 23.6 Å². The highest BCUT2D eigenvalue weighted by molar-refractivity contribution is 7.13. The number of anilines is 1. The van der Waals surface area contributed by atoms with Crippen LogP contribution in [0.3, 0.4) is 0 Å². The van der Waals surface area contributed by atoms with Gasteiger partial charge in [-0.05, 0) is 20.0 Å². The molecule has 0 bridgehead atoms. The van der Waals surface area contributed by atoms with E-state index >= 15 is 0 Å². The molecule has 0 saturated heterocycles. The third-order valence-electron chi connectivity index (χ3n) is 3.14. The van der Waals surface area contributed by atoms with Crippen molar-refractivity contribution in [3.05, 3.63) is 40.4 Å². The van der Waals surface area contributed by atoms with E-state index in [1.807, 2.05) is 24.6 Å². The largest absolute Gasteiger partial charge is 0.496 e. The molecule has 0 saturated carbocycles. The third kappa shape index (κ3) is 4.54. The molecule has 1 amide bonds. The SMILES string of the molecule is COc1ccc(C)cc1CN(C)Cc1csc(NC(C)=O)n1. The maximum absolute atomic E-state index is 11.0. The molecule has 0 radical (unpaired) electrons. The minimum absolute atomic E-state index is 0.0984. The summed E-state index contributed by atoms with van der Waals surface area (Å²) in [5, 5.41) is 5.31. The van der Waals surface area contributed by atoms with E-state index in [1.165, 1.54) is 23.8 Å². The molecule has 0 aliphatic heterocycles. The molecule has 1 aromatic heterocycles. The summed E-state index contributed by atoms with van der Waals surface area (Å²) in [7, 11) is 3.73. The van der Waals surface area contributed by atoms with Crippen molar-refractivity contribution < 1.29 is 9.53 Å². The zero-order valence-corrected chi connectivity index (χ0v) is 14.2. The van der Waals surface area contributed by atoms with Gasteiger partial charge in [0.15, 0.2) is 5.13 Å². The van der Waals surface area contributed by atoms with Gasteiger partial charge in [-0.15, -0.1) is 11.3 Å². The number of rotatable bonds is 6. The van der Waals surface area contributed by atoms with Crippen LogP contribution in [0.4, 0.5) is 5.13 Å². The first kappa shape index (κ1) is 16.5. The van der Waals surface area contributed by atoms with Crippen LogP contribution >= 0.6 is 11.3 Å². The van der Waals surface area contributed by atoms with Crippen LogP contribution in [-0.4, -0.2) is 29.9 Å². The number of ether oxygens (including phenoxy) is 1. The van der Waals surface area contributed by atoms with E-state index in [4.69, 9.17) is 4.74 Å². The van der Waals surface area contributed by atoms with Crippen molar-refractivity contribution in [3.63, 3.8) is 0 Å². The molecular weight excluding hydrogens is 298 g/mol. The van der Waals surface area contributed by atoms with Crippen LogP contribution in [0.5, 0.6) is 5.75 Å². The van der Waals surface area contributed by atoms with Crippen molar-refractivity contribution >= 4 is 22.4 Å². The first-order chi connectivity index (χ1) is 10.5. The van der Waals surface area contributed by atoms with Crippen LogP contribution in [0.25, 0.3) is 0 Å². The van der Waals surface area contributed by atoms with E-state index in [0.29, 0.717) is 11.7 Å². The Hall–Kier alpha value is -1.92. The summed E-state index contributed by atoms with van der Waals surface area (Å²) in [5.74, 6) is 0.799. The molecule has 0 aliphatic carbocycles. The first-order valence-electron chi connectivity index (χ1n) is 7.02. The fourth-order valence-electron chi connectivity index (χ4n) is 2.24. The molecule has 0 spiro atoms. The maximum atomic E-state index is 11.0. The number of carbonyl (C=O) groups is 1. The molecule has 5 nitrogen and oxygen atoms in total. The number of thiazole rings is 1.